The van der Waals surface area contributed by atoms with Crippen LogP contribution in [0, 0.1) is 5.82 Å². The third kappa shape index (κ3) is 4.31. The molecule has 0 saturated carbocycles. The lowest BCUT2D eigenvalue weighted by atomic mass is 10.2. The average molecular weight is 288 g/mol. The second-order valence-corrected chi connectivity index (χ2v) is 4.24. The van der Waals surface area contributed by atoms with Crippen molar-refractivity contribution in [2.45, 2.75) is 0 Å². The van der Waals surface area contributed by atoms with Crippen molar-refractivity contribution >= 4 is 17.5 Å². The molecule has 6 heteroatoms. The monoisotopic (exact) mass is 288 g/mol. The standard InChI is InChI=1S/C15H13FN2O3/c16-11-4-2-6-13(8-11)21-9-14(19)18-12-5-1-3-10(7-12)15(17)20/h1-8H,9H2,(H2,17,20)(H,18,19). The molecule has 21 heavy (non-hydrogen) atoms. The van der Waals surface area contributed by atoms with Crippen LogP contribution in [-0.2, 0) is 4.79 Å². The van der Waals surface area contributed by atoms with Gasteiger partial charge in [0.05, 0.1) is 0 Å². The third-order valence-electron chi connectivity index (χ3n) is 2.60. The maximum atomic E-state index is 12.9. The van der Waals surface area contributed by atoms with Gasteiger partial charge in [-0.1, -0.05) is 12.1 Å². The highest BCUT2D eigenvalue weighted by atomic mass is 19.1. The quantitative estimate of drug-likeness (QED) is 0.882. The normalized spacial score (nSPS) is 9.95. The van der Waals surface area contributed by atoms with Crippen LogP contribution in [0.3, 0.4) is 0 Å². The number of hydrogen-bond acceptors (Lipinski definition) is 3. The van der Waals surface area contributed by atoms with Crippen LogP contribution < -0.4 is 15.8 Å². The van der Waals surface area contributed by atoms with Crippen LogP contribution >= 0.6 is 0 Å². The molecule has 0 radical (unpaired) electrons. The Bertz CT molecular complexity index is 673. The lowest BCUT2D eigenvalue weighted by Gasteiger charge is -2.08. The van der Waals surface area contributed by atoms with Gasteiger partial charge in [-0.15, -0.1) is 0 Å². The summed E-state index contributed by atoms with van der Waals surface area (Å²) < 4.78 is 18.1. The number of benzene rings is 2. The second kappa shape index (κ2) is 6.51. The molecule has 0 aliphatic heterocycles. The summed E-state index contributed by atoms with van der Waals surface area (Å²) in [5.74, 6) is -1.19. The Morgan fingerprint density at radius 1 is 1.14 bits per heavy atom. The molecular weight excluding hydrogens is 275 g/mol. The van der Waals surface area contributed by atoms with Gasteiger partial charge < -0.3 is 15.8 Å². The van der Waals surface area contributed by atoms with E-state index in [4.69, 9.17) is 10.5 Å². The first-order valence-electron chi connectivity index (χ1n) is 6.12. The van der Waals surface area contributed by atoms with E-state index in [9.17, 15) is 14.0 Å². The largest absolute Gasteiger partial charge is 0.484 e. The van der Waals surface area contributed by atoms with Crippen LogP contribution in [-0.4, -0.2) is 18.4 Å². The number of ether oxygens (including phenoxy) is 1. The Hall–Kier alpha value is -2.89. The average Bonchev–Trinajstić information content (AvgIpc) is 2.45. The lowest BCUT2D eigenvalue weighted by Crippen LogP contribution is -2.20. The van der Waals surface area contributed by atoms with E-state index in [2.05, 4.69) is 5.32 Å². The van der Waals surface area contributed by atoms with E-state index in [0.717, 1.165) is 0 Å². The lowest BCUT2D eigenvalue weighted by molar-refractivity contribution is -0.118. The van der Waals surface area contributed by atoms with E-state index >= 15 is 0 Å². The van der Waals surface area contributed by atoms with E-state index in [-0.39, 0.29) is 12.4 Å². The van der Waals surface area contributed by atoms with Crippen LogP contribution in [0.5, 0.6) is 5.75 Å². The summed E-state index contributed by atoms with van der Waals surface area (Å²) in [5.41, 5.74) is 5.87. The zero-order valence-corrected chi connectivity index (χ0v) is 11.0. The van der Waals surface area contributed by atoms with Crippen molar-refractivity contribution in [3.63, 3.8) is 0 Å². The van der Waals surface area contributed by atoms with Crippen molar-refractivity contribution in [1.29, 1.82) is 0 Å². The minimum atomic E-state index is -0.581. The molecule has 0 heterocycles. The van der Waals surface area contributed by atoms with Crippen LogP contribution in [0.25, 0.3) is 0 Å². The number of nitrogens with two attached hydrogens (primary N) is 1. The molecule has 0 saturated heterocycles. The molecule has 2 rings (SSSR count). The number of anilines is 1. The first-order chi connectivity index (χ1) is 10.0. The van der Waals surface area contributed by atoms with Gasteiger partial charge in [0.1, 0.15) is 11.6 Å². The molecule has 5 nitrogen and oxygen atoms in total. The summed E-state index contributed by atoms with van der Waals surface area (Å²) in [6, 6.07) is 11.7. The van der Waals surface area contributed by atoms with Crippen molar-refractivity contribution in [2.75, 3.05) is 11.9 Å². The fraction of sp³-hybridized carbons (Fsp3) is 0.0667. The summed E-state index contributed by atoms with van der Waals surface area (Å²) in [7, 11) is 0. The summed E-state index contributed by atoms with van der Waals surface area (Å²) in [5, 5.41) is 2.56. The molecule has 2 aromatic rings. The number of carbonyl (C=O) groups excluding carboxylic acids is 2. The molecule has 0 aromatic heterocycles. The summed E-state index contributed by atoms with van der Waals surface area (Å²) >= 11 is 0. The minimum Gasteiger partial charge on any atom is -0.484 e. The van der Waals surface area contributed by atoms with E-state index in [1.165, 1.54) is 24.3 Å². The Kier molecular flexibility index (Phi) is 4.50. The number of nitrogens with one attached hydrogen (secondary N) is 1. The van der Waals surface area contributed by atoms with Crippen molar-refractivity contribution in [1.82, 2.24) is 0 Å². The molecule has 0 unspecified atom stereocenters. The molecule has 0 atom stereocenters. The van der Waals surface area contributed by atoms with Crippen LogP contribution in [0.2, 0.25) is 0 Å². The number of halogens is 1. The molecule has 2 aromatic carbocycles. The minimum absolute atomic E-state index is 0.260. The molecule has 0 fully saturated rings. The molecule has 0 aliphatic rings. The van der Waals surface area contributed by atoms with Gasteiger partial charge in [0.2, 0.25) is 5.91 Å². The van der Waals surface area contributed by atoms with Crippen molar-refractivity contribution in [2.24, 2.45) is 5.73 Å². The Balaban J connectivity index is 1.93. The van der Waals surface area contributed by atoms with Crippen LogP contribution in [0.4, 0.5) is 10.1 Å². The van der Waals surface area contributed by atoms with Gasteiger partial charge in [-0.25, -0.2) is 4.39 Å². The number of hydrogen-bond donors (Lipinski definition) is 2. The third-order valence-corrected chi connectivity index (χ3v) is 2.60. The highest BCUT2D eigenvalue weighted by Crippen LogP contribution is 2.13. The van der Waals surface area contributed by atoms with Gasteiger partial charge in [0.25, 0.3) is 5.91 Å². The highest BCUT2D eigenvalue weighted by Gasteiger charge is 2.06. The summed E-state index contributed by atoms with van der Waals surface area (Å²) in [4.78, 5) is 22.7. The summed E-state index contributed by atoms with van der Waals surface area (Å²) in [6.45, 7) is -0.274. The Labute approximate surface area is 120 Å². The van der Waals surface area contributed by atoms with Crippen molar-refractivity contribution in [3.8, 4) is 5.75 Å². The van der Waals surface area contributed by atoms with Gasteiger partial charge in [-0.05, 0) is 30.3 Å². The topological polar surface area (TPSA) is 81.4 Å². The molecule has 0 bridgehead atoms. The fourth-order valence-electron chi connectivity index (χ4n) is 1.65. The summed E-state index contributed by atoms with van der Waals surface area (Å²) in [6.07, 6.45) is 0. The molecule has 108 valence electrons. The van der Waals surface area contributed by atoms with Crippen LogP contribution in [0.1, 0.15) is 10.4 Å². The fourth-order valence-corrected chi connectivity index (χ4v) is 1.65. The maximum Gasteiger partial charge on any atom is 0.262 e. The zero-order valence-electron chi connectivity index (χ0n) is 11.0. The molecule has 0 aliphatic carbocycles. The molecule has 2 amide bonds. The first kappa shape index (κ1) is 14.5. The molecule has 3 N–H and O–H groups in total. The first-order valence-corrected chi connectivity index (χ1v) is 6.12. The second-order valence-electron chi connectivity index (χ2n) is 4.24. The van der Waals surface area contributed by atoms with Gasteiger partial charge in [0, 0.05) is 17.3 Å². The van der Waals surface area contributed by atoms with Gasteiger partial charge in [0.15, 0.2) is 6.61 Å². The van der Waals surface area contributed by atoms with Crippen molar-refractivity contribution < 1.29 is 18.7 Å². The SMILES string of the molecule is NC(=O)c1cccc(NC(=O)COc2cccc(F)c2)c1. The van der Waals surface area contributed by atoms with E-state index < -0.39 is 17.6 Å². The van der Waals surface area contributed by atoms with Gasteiger partial charge >= 0.3 is 0 Å². The van der Waals surface area contributed by atoms with E-state index in [1.54, 1.807) is 24.3 Å². The Morgan fingerprint density at radius 3 is 2.62 bits per heavy atom. The van der Waals surface area contributed by atoms with E-state index in [0.29, 0.717) is 11.3 Å². The number of carbonyl (C=O) groups is 2. The highest BCUT2D eigenvalue weighted by molar-refractivity contribution is 5.96. The van der Waals surface area contributed by atoms with Gasteiger partial charge in [-0.2, -0.15) is 0 Å². The van der Waals surface area contributed by atoms with Gasteiger partial charge in [-0.3, -0.25) is 9.59 Å². The Morgan fingerprint density at radius 2 is 1.90 bits per heavy atom. The predicted octanol–water partition coefficient (Wildman–Crippen LogP) is 1.94. The number of amides is 2. The van der Waals surface area contributed by atoms with E-state index in [1.807, 2.05) is 0 Å². The predicted molar refractivity (Wildman–Crippen MR) is 75.5 cm³/mol. The number of rotatable bonds is 5. The van der Waals surface area contributed by atoms with Crippen molar-refractivity contribution in [3.05, 3.63) is 59.9 Å². The smallest absolute Gasteiger partial charge is 0.262 e. The zero-order chi connectivity index (χ0) is 15.2. The van der Waals surface area contributed by atoms with Crippen LogP contribution in [0.15, 0.2) is 48.5 Å². The number of primary amides is 1. The molecular formula is C15H13FN2O3. The maximum absolute atomic E-state index is 12.9. The molecule has 0 spiro atoms.